The lowest BCUT2D eigenvalue weighted by atomic mass is 10.1. The van der Waals surface area contributed by atoms with Gasteiger partial charge in [-0.25, -0.2) is 4.79 Å². The minimum Gasteiger partial charge on any atom is -0.507 e. The Morgan fingerprint density at radius 1 is 1.47 bits per heavy atom. The predicted octanol–water partition coefficient (Wildman–Crippen LogP) is 1.20. The highest BCUT2D eigenvalue weighted by Gasteiger charge is 2.19. The van der Waals surface area contributed by atoms with Crippen molar-refractivity contribution < 1.29 is 15.0 Å². The van der Waals surface area contributed by atoms with Gasteiger partial charge in [-0.3, -0.25) is 10.4 Å². The van der Waals surface area contributed by atoms with Gasteiger partial charge in [0.15, 0.2) is 0 Å². The number of phenolic OH excluding ortho intramolecular Hbond substituents is 1. The van der Waals surface area contributed by atoms with Crippen molar-refractivity contribution in [2.45, 2.75) is 19.9 Å². The maximum absolute atomic E-state index is 11.0. The van der Waals surface area contributed by atoms with Gasteiger partial charge < -0.3 is 15.9 Å². The number of carboxylic acid groups (broad SMARTS) is 1. The van der Waals surface area contributed by atoms with Crippen LogP contribution in [-0.2, 0) is 4.79 Å². The van der Waals surface area contributed by atoms with E-state index in [4.69, 9.17) is 16.2 Å². The summed E-state index contributed by atoms with van der Waals surface area (Å²) in [5, 5.41) is 26.0. The molecule has 6 nitrogen and oxygen atoms in total. The summed E-state index contributed by atoms with van der Waals surface area (Å²) >= 11 is 0. The van der Waals surface area contributed by atoms with Crippen LogP contribution in [-0.4, -0.2) is 34.3 Å². The zero-order chi connectivity index (χ0) is 14.6. The molecule has 0 radical (unpaired) electrons. The molecule has 0 aliphatic carbocycles. The molecule has 0 heterocycles. The topological polar surface area (TPSA) is 120 Å². The summed E-state index contributed by atoms with van der Waals surface area (Å²) in [6.07, 6.45) is 1.32. The average Bonchev–Trinajstić information content (AvgIpc) is 2.29. The summed E-state index contributed by atoms with van der Waals surface area (Å²) in [7, 11) is 0. The molecule has 0 fully saturated rings. The molecule has 0 aliphatic heterocycles. The number of nitrogen functional groups attached to an aromatic ring is 1. The molecule has 19 heavy (non-hydrogen) atoms. The van der Waals surface area contributed by atoms with E-state index in [2.05, 4.69) is 4.99 Å². The Morgan fingerprint density at radius 3 is 2.53 bits per heavy atom. The molecule has 0 aliphatic rings. The second-order valence-corrected chi connectivity index (χ2v) is 4.49. The Bertz CT molecular complexity index is 524. The van der Waals surface area contributed by atoms with Gasteiger partial charge in [0.2, 0.25) is 0 Å². The van der Waals surface area contributed by atoms with Gasteiger partial charge in [-0.15, -0.1) is 0 Å². The summed E-state index contributed by atoms with van der Waals surface area (Å²) in [5.74, 6) is -1.40. The van der Waals surface area contributed by atoms with Gasteiger partial charge in [0.25, 0.3) is 0 Å². The number of hydrogen-bond donors (Lipinski definition) is 4. The maximum atomic E-state index is 11.0. The van der Waals surface area contributed by atoms with Crippen LogP contribution in [0.4, 0.5) is 0 Å². The SMILES string of the molecule is CC(C)[C@H](N=Cc1ccc(C(=N)N)cc1O)C(=O)O. The van der Waals surface area contributed by atoms with Crippen LogP contribution in [0, 0.1) is 11.3 Å². The van der Waals surface area contributed by atoms with E-state index in [0.717, 1.165) is 0 Å². The molecular weight excluding hydrogens is 246 g/mol. The van der Waals surface area contributed by atoms with Crippen molar-refractivity contribution in [3.05, 3.63) is 29.3 Å². The molecule has 1 atom stereocenters. The summed E-state index contributed by atoms with van der Waals surface area (Å²) in [5.41, 5.74) is 6.08. The van der Waals surface area contributed by atoms with Gasteiger partial charge in [0.1, 0.15) is 17.6 Å². The Hall–Kier alpha value is -2.37. The molecule has 6 heteroatoms. The van der Waals surface area contributed by atoms with E-state index in [0.29, 0.717) is 11.1 Å². The highest BCUT2D eigenvalue weighted by molar-refractivity contribution is 5.96. The minimum atomic E-state index is -1.01. The van der Waals surface area contributed by atoms with E-state index >= 15 is 0 Å². The van der Waals surface area contributed by atoms with Crippen molar-refractivity contribution in [3.63, 3.8) is 0 Å². The van der Waals surface area contributed by atoms with Crippen molar-refractivity contribution in [2.75, 3.05) is 0 Å². The summed E-state index contributed by atoms with van der Waals surface area (Å²) < 4.78 is 0. The first kappa shape index (κ1) is 14.7. The Balaban J connectivity index is 2.99. The Morgan fingerprint density at radius 2 is 2.11 bits per heavy atom. The lowest BCUT2D eigenvalue weighted by Gasteiger charge is -2.10. The second-order valence-electron chi connectivity index (χ2n) is 4.49. The van der Waals surface area contributed by atoms with E-state index in [-0.39, 0.29) is 17.5 Å². The monoisotopic (exact) mass is 263 g/mol. The quantitative estimate of drug-likeness (QED) is 0.471. The number of aliphatic carboxylic acids is 1. The normalized spacial score (nSPS) is 12.8. The number of carboxylic acids is 1. The van der Waals surface area contributed by atoms with Crippen molar-refractivity contribution in [2.24, 2.45) is 16.6 Å². The van der Waals surface area contributed by atoms with Crippen molar-refractivity contribution in [3.8, 4) is 5.75 Å². The van der Waals surface area contributed by atoms with E-state index in [1.807, 2.05) is 0 Å². The van der Waals surface area contributed by atoms with Gasteiger partial charge in [-0.1, -0.05) is 19.9 Å². The van der Waals surface area contributed by atoms with E-state index in [9.17, 15) is 9.90 Å². The number of carbonyl (C=O) groups is 1. The van der Waals surface area contributed by atoms with E-state index in [1.54, 1.807) is 19.9 Å². The molecule has 1 rings (SSSR count). The second kappa shape index (κ2) is 5.99. The number of benzene rings is 1. The van der Waals surface area contributed by atoms with Crippen molar-refractivity contribution in [1.82, 2.24) is 0 Å². The molecule has 0 unspecified atom stereocenters. The summed E-state index contributed by atoms with van der Waals surface area (Å²) in [4.78, 5) is 14.9. The van der Waals surface area contributed by atoms with Gasteiger partial charge in [0, 0.05) is 17.3 Å². The number of phenols is 1. The van der Waals surface area contributed by atoms with Crippen molar-refractivity contribution >= 4 is 18.0 Å². The number of nitrogens with two attached hydrogens (primary N) is 1. The molecule has 1 aromatic rings. The molecule has 1 aromatic carbocycles. The van der Waals surface area contributed by atoms with Crippen LogP contribution in [0.1, 0.15) is 25.0 Å². The third kappa shape index (κ3) is 3.80. The number of aromatic hydroxyl groups is 1. The molecule has 5 N–H and O–H groups in total. The Kier molecular flexibility index (Phi) is 4.63. The maximum Gasteiger partial charge on any atom is 0.328 e. The molecule has 0 bridgehead atoms. The predicted molar refractivity (Wildman–Crippen MR) is 73.0 cm³/mol. The standard InChI is InChI=1S/C13H17N3O3/c1-7(2)11(13(18)19)16-6-9-4-3-8(12(14)15)5-10(9)17/h3-7,11,17H,1-2H3,(H3,14,15)(H,18,19)/t11-/m0/s1. The van der Waals surface area contributed by atoms with Gasteiger partial charge in [-0.2, -0.15) is 0 Å². The number of aliphatic imine (C=N–C) groups is 1. The fourth-order valence-corrected chi connectivity index (χ4v) is 1.50. The number of rotatable bonds is 5. The van der Waals surface area contributed by atoms with Gasteiger partial charge in [-0.05, 0) is 18.1 Å². The van der Waals surface area contributed by atoms with Gasteiger partial charge >= 0.3 is 5.97 Å². The first-order chi connectivity index (χ1) is 8.82. The number of nitrogens with one attached hydrogen (secondary N) is 1. The van der Waals surface area contributed by atoms with Crippen LogP contribution < -0.4 is 5.73 Å². The Labute approximate surface area is 111 Å². The molecule has 0 spiro atoms. The first-order valence-electron chi connectivity index (χ1n) is 5.76. The summed E-state index contributed by atoms with van der Waals surface area (Å²) in [6.45, 7) is 3.52. The fraction of sp³-hybridized carbons (Fsp3) is 0.308. The van der Waals surface area contributed by atoms with Crippen LogP contribution in [0.25, 0.3) is 0 Å². The summed E-state index contributed by atoms with van der Waals surface area (Å²) in [6, 6.07) is 3.59. The van der Waals surface area contributed by atoms with Crippen LogP contribution in [0.5, 0.6) is 5.75 Å². The van der Waals surface area contributed by atoms with Crippen LogP contribution in [0.3, 0.4) is 0 Å². The number of hydrogen-bond acceptors (Lipinski definition) is 4. The fourth-order valence-electron chi connectivity index (χ4n) is 1.50. The van der Waals surface area contributed by atoms with Crippen LogP contribution >= 0.6 is 0 Å². The smallest absolute Gasteiger partial charge is 0.328 e. The lowest BCUT2D eigenvalue weighted by Crippen LogP contribution is -2.24. The molecule has 0 aromatic heterocycles. The zero-order valence-electron chi connectivity index (χ0n) is 10.8. The largest absolute Gasteiger partial charge is 0.507 e. The van der Waals surface area contributed by atoms with Crippen LogP contribution in [0.15, 0.2) is 23.2 Å². The lowest BCUT2D eigenvalue weighted by molar-refractivity contribution is -0.139. The highest BCUT2D eigenvalue weighted by atomic mass is 16.4. The van der Waals surface area contributed by atoms with E-state index in [1.165, 1.54) is 18.3 Å². The average molecular weight is 263 g/mol. The van der Waals surface area contributed by atoms with Gasteiger partial charge in [0.05, 0.1) is 0 Å². The molecule has 0 saturated carbocycles. The van der Waals surface area contributed by atoms with Crippen LogP contribution in [0.2, 0.25) is 0 Å². The third-order valence-electron chi connectivity index (χ3n) is 2.60. The number of nitrogens with zero attached hydrogens (tertiary/aromatic N) is 1. The third-order valence-corrected chi connectivity index (χ3v) is 2.60. The molecule has 0 amide bonds. The first-order valence-corrected chi connectivity index (χ1v) is 5.76. The number of amidine groups is 1. The van der Waals surface area contributed by atoms with Crippen molar-refractivity contribution in [1.29, 1.82) is 5.41 Å². The zero-order valence-corrected chi connectivity index (χ0v) is 10.8. The highest BCUT2D eigenvalue weighted by Crippen LogP contribution is 2.17. The molecule has 0 saturated heterocycles. The minimum absolute atomic E-state index is 0.0932. The van der Waals surface area contributed by atoms with E-state index < -0.39 is 12.0 Å². The molecule has 102 valence electrons. The molecular formula is C13H17N3O3.